The average molecular weight is 513 g/mol. The van der Waals surface area contributed by atoms with E-state index < -0.39 is 5.82 Å². The van der Waals surface area contributed by atoms with Crippen LogP contribution in [0.2, 0.25) is 0 Å². The lowest BCUT2D eigenvalue weighted by Gasteiger charge is -2.36. The fourth-order valence-electron chi connectivity index (χ4n) is 3.99. The van der Waals surface area contributed by atoms with Gasteiger partial charge in [-0.15, -0.1) is 11.3 Å². The Kier molecular flexibility index (Phi) is 8.85. The largest absolute Gasteiger partial charge is 0.495 e. The Balaban J connectivity index is 1.13. The van der Waals surface area contributed by atoms with Gasteiger partial charge in [0.15, 0.2) is 5.13 Å². The van der Waals surface area contributed by atoms with Gasteiger partial charge in [-0.3, -0.25) is 19.8 Å². The molecule has 8 nitrogen and oxygen atoms in total. The summed E-state index contributed by atoms with van der Waals surface area (Å²) in [4.78, 5) is 33.4. The molecule has 1 N–H and O–H groups in total. The zero-order valence-electron chi connectivity index (χ0n) is 20.1. The van der Waals surface area contributed by atoms with Crippen LogP contribution in [0.15, 0.2) is 53.9 Å². The number of methoxy groups -OCH3 is 1. The maximum atomic E-state index is 13.0. The lowest BCUT2D eigenvalue weighted by molar-refractivity contribution is -0.143. The number of halogens is 1. The number of benzene rings is 2. The van der Waals surface area contributed by atoms with E-state index in [0.717, 1.165) is 50.6 Å². The van der Waals surface area contributed by atoms with Crippen LogP contribution in [0, 0.1) is 5.82 Å². The summed E-state index contributed by atoms with van der Waals surface area (Å²) in [5.74, 6) is -0.256. The Bertz CT molecular complexity index is 1160. The molecule has 0 spiro atoms. The van der Waals surface area contributed by atoms with Gasteiger partial charge in [0.05, 0.1) is 31.5 Å². The third-order valence-electron chi connectivity index (χ3n) is 5.88. The molecular formula is C26H29FN4O4S. The summed E-state index contributed by atoms with van der Waals surface area (Å²) >= 11 is 1.22. The van der Waals surface area contributed by atoms with Crippen LogP contribution >= 0.6 is 11.3 Å². The monoisotopic (exact) mass is 512 g/mol. The van der Waals surface area contributed by atoms with Crippen molar-refractivity contribution in [2.45, 2.75) is 12.8 Å². The van der Waals surface area contributed by atoms with Crippen molar-refractivity contribution in [2.24, 2.45) is 0 Å². The molecule has 190 valence electrons. The first kappa shape index (κ1) is 25.6. The fourth-order valence-corrected chi connectivity index (χ4v) is 4.70. The lowest BCUT2D eigenvalue weighted by Crippen LogP contribution is -2.46. The van der Waals surface area contributed by atoms with Gasteiger partial charge in [0.2, 0.25) is 0 Å². The predicted molar refractivity (Wildman–Crippen MR) is 137 cm³/mol. The highest BCUT2D eigenvalue weighted by Gasteiger charge is 2.19. The number of carbonyl (C=O) groups is 2. The Labute approximate surface area is 213 Å². The molecule has 0 radical (unpaired) electrons. The van der Waals surface area contributed by atoms with Crippen molar-refractivity contribution in [3.63, 3.8) is 0 Å². The third kappa shape index (κ3) is 7.02. The number of piperazine rings is 1. The standard InChI is InChI=1S/C26H29FN4O4S/c1-34-23-6-3-2-5-22(23)31-14-12-30(13-15-31)11-4-16-35-24(32)17-21-18-36-26(28-21)29-25(33)19-7-9-20(27)10-8-19/h2-3,5-10,18H,4,11-17H2,1H3,(H,28,29,33). The first-order chi connectivity index (χ1) is 17.5. The molecule has 2 aromatic carbocycles. The Morgan fingerprint density at radius 2 is 1.83 bits per heavy atom. The Morgan fingerprint density at radius 1 is 1.08 bits per heavy atom. The molecule has 3 aromatic rings. The highest BCUT2D eigenvalue weighted by molar-refractivity contribution is 7.14. The molecule has 0 unspecified atom stereocenters. The number of carbonyl (C=O) groups excluding carboxylic acids is 2. The lowest BCUT2D eigenvalue weighted by atomic mass is 10.2. The van der Waals surface area contributed by atoms with E-state index in [9.17, 15) is 14.0 Å². The molecule has 1 saturated heterocycles. The molecule has 1 aliphatic heterocycles. The molecule has 4 rings (SSSR count). The van der Waals surface area contributed by atoms with Crippen molar-refractivity contribution < 1.29 is 23.5 Å². The number of hydrogen-bond donors (Lipinski definition) is 1. The summed E-state index contributed by atoms with van der Waals surface area (Å²) in [6, 6.07) is 13.3. The summed E-state index contributed by atoms with van der Waals surface area (Å²) in [6.45, 7) is 4.94. The number of aromatic nitrogens is 1. The van der Waals surface area contributed by atoms with Gasteiger partial charge in [-0.1, -0.05) is 12.1 Å². The highest BCUT2D eigenvalue weighted by Crippen LogP contribution is 2.28. The summed E-state index contributed by atoms with van der Waals surface area (Å²) < 4.78 is 23.9. The van der Waals surface area contributed by atoms with Crippen LogP contribution in [0.4, 0.5) is 15.2 Å². The van der Waals surface area contributed by atoms with Gasteiger partial charge in [-0.25, -0.2) is 9.37 Å². The highest BCUT2D eigenvalue weighted by atomic mass is 32.1. The fraction of sp³-hybridized carbons (Fsp3) is 0.346. The van der Waals surface area contributed by atoms with E-state index in [2.05, 4.69) is 26.2 Å². The van der Waals surface area contributed by atoms with Crippen LogP contribution in [0.25, 0.3) is 0 Å². The van der Waals surface area contributed by atoms with Crippen molar-refractivity contribution >= 4 is 34.0 Å². The van der Waals surface area contributed by atoms with E-state index in [1.807, 2.05) is 18.2 Å². The molecule has 0 saturated carbocycles. The molecule has 1 aliphatic rings. The topological polar surface area (TPSA) is 84.0 Å². The number of ether oxygens (including phenoxy) is 2. The summed E-state index contributed by atoms with van der Waals surface area (Å²) in [5.41, 5.74) is 1.98. The van der Waals surface area contributed by atoms with Gasteiger partial charge in [-0.05, 0) is 42.8 Å². The van der Waals surface area contributed by atoms with Crippen molar-refractivity contribution in [1.29, 1.82) is 0 Å². The first-order valence-corrected chi connectivity index (χ1v) is 12.7. The zero-order valence-corrected chi connectivity index (χ0v) is 20.9. The van der Waals surface area contributed by atoms with E-state index in [1.54, 1.807) is 12.5 Å². The summed E-state index contributed by atoms with van der Waals surface area (Å²) in [5, 5.41) is 4.74. The van der Waals surface area contributed by atoms with Crippen LogP contribution in [0.3, 0.4) is 0 Å². The maximum absolute atomic E-state index is 13.0. The van der Waals surface area contributed by atoms with Crippen molar-refractivity contribution in [1.82, 2.24) is 9.88 Å². The summed E-state index contributed by atoms with van der Waals surface area (Å²) in [6.07, 6.45) is 0.803. The van der Waals surface area contributed by atoms with E-state index >= 15 is 0 Å². The normalized spacial score (nSPS) is 13.9. The van der Waals surface area contributed by atoms with Gasteiger partial charge < -0.3 is 14.4 Å². The molecule has 1 fully saturated rings. The van der Waals surface area contributed by atoms with Crippen LogP contribution < -0.4 is 15.0 Å². The number of esters is 1. The zero-order chi connectivity index (χ0) is 25.3. The van der Waals surface area contributed by atoms with Crippen LogP contribution in [0.5, 0.6) is 5.75 Å². The van der Waals surface area contributed by atoms with E-state index in [0.29, 0.717) is 23.0 Å². The minimum Gasteiger partial charge on any atom is -0.495 e. The van der Waals surface area contributed by atoms with Gasteiger partial charge in [0, 0.05) is 43.7 Å². The van der Waals surface area contributed by atoms with Gasteiger partial charge in [0.25, 0.3) is 5.91 Å². The van der Waals surface area contributed by atoms with Crippen LogP contribution in [0.1, 0.15) is 22.5 Å². The average Bonchev–Trinajstić information content (AvgIpc) is 3.33. The first-order valence-electron chi connectivity index (χ1n) is 11.8. The van der Waals surface area contributed by atoms with Crippen molar-refractivity contribution in [3.05, 3.63) is 71.0 Å². The number of hydrogen-bond acceptors (Lipinski definition) is 8. The molecular weight excluding hydrogens is 483 g/mol. The molecule has 2 heterocycles. The second kappa shape index (κ2) is 12.5. The number of anilines is 2. The molecule has 0 aliphatic carbocycles. The van der Waals surface area contributed by atoms with E-state index in [4.69, 9.17) is 9.47 Å². The molecule has 1 amide bonds. The molecule has 1 aromatic heterocycles. The predicted octanol–water partition coefficient (Wildman–Crippen LogP) is 3.84. The van der Waals surface area contributed by atoms with Gasteiger partial charge in [-0.2, -0.15) is 0 Å². The number of nitrogens with one attached hydrogen (secondary N) is 1. The minimum atomic E-state index is -0.409. The number of amides is 1. The molecule has 10 heteroatoms. The number of rotatable bonds is 10. The number of nitrogens with zero attached hydrogens (tertiary/aromatic N) is 3. The number of para-hydroxylation sites is 2. The molecule has 0 atom stereocenters. The third-order valence-corrected chi connectivity index (χ3v) is 6.69. The molecule has 0 bridgehead atoms. The van der Waals surface area contributed by atoms with Crippen molar-refractivity contribution in [3.8, 4) is 5.75 Å². The smallest absolute Gasteiger partial charge is 0.311 e. The Hall–Kier alpha value is -3.50. The second-order valence-electron chi connectivity index (χ2n) is 8.36. The quantitative estimate of drug-likeness (QED) is 0.326. The van der Waals surface area contributed by atoms with Gasteiger partial charge in [0.1, 0.15) is 11.6 Å². The Morgan fingerprint density at radius 3 is 2.58 bits per heavy atom. The van der Waals surface area contributed by atoms with E-state index in [1.165, 1.54) is 35.6 Å². The van der Waals surface area contributed by atoms with Crippen LogP contribution in [-0.4, -0.2) is 68.2 Å². The number of thiazole rings is 1. The second-order valence-corrected chi connectivity index (χ2v) is 9.21. The van der Waals surface area contributed by atoms with Crippen molar-refractivity contribution in [2.75, 3.05) is 56.7 Å². The van der Waals surface area contributed by atoms with E-state index in [-0.39, 0.29) is 18.3 Å². The SMILES string of the molecule is COc1ccccc1N1CCN(CCCOC(=O)Cc2csc(NC(=O)c3ccc(F)cc3)n2)CC1. The van der Waals surface area contributed by atoms with Crippen LogP contribution in [-0.2, 0) is 16.0 Å². The minimum absolute atomic E-state index is 0.0422. The maximum Gasteiger partial charge on any atom is 0.311 e. The summed E-state index contributed by atoms with van der Waals surface area (Å²) in [7, 11) is 1.69. The van der Waals surface area contributed by atoms with Gasteiger partial charge >= 0.3 is 5.97 Å². The molecule has 36 heavy (non-hydrogen) atoms.